The molecule has 0 unspecified atom stereocenters. The number of rotatable bonds is 5. The zero-order valence-electron chi connectivity index (χ0n) is 15.6. The summed E-state index contributed by atoms with van der Waals surface area (Å²) < 4.78 is 1.77. The Kier molecular flexibility index (Phi) is 5.07. The van der Waals surface area contributed by atoms with Crippen molar-refractivity contribution in [2.45, 2.75) is 13.0 Å². The molecule has 0 atom stereocenters. The number of amides is 1. The first kappa shape index (κ1) is 18.4. The average Bonchev–Trinajstić information content (AvgIpc) is 3.02. The van der Waals surface area contributed by atoms with Gasteiger partial charge in [0.05, 0.1) is 11.1 Å². The van der Waals surface area contributed by atoms with Gasteiger partial charge in [0.15, 0.2) is 5.69 Å². The second kappa shape index (κ2) is 7.98. The predicted octanol–water partition coefficient (Wildman–Crippen LogP) is 5.22. The average molecular weight is 385 g/mol. The van der Waals surface area contributed by atoms with Crippen LogP contribution in [0.4, 0.5) is 5.69 Å². The lowest BCUT2D eigenvalue weighted by molar-refractivity contribution is 0.0992. The molecule has 0 aliphatic rings. The minimum Gasteiger partial charge on any atom is -0.507 e. The molecule has 0 bridgehead atoms. The molecule has 6 heteroatoms. The number of aromatic hydroxyl groups is 2. The largest absolute Gasteiger partial charge is 0.507 e. The maximum atomic E-state index is 12.3. The lowest BCUT2D eigenvalue weighted by Gasteiger charge is -2.07. The van der Waals surface area contributed by atoms with Crippen LogP contribution in [-0.4, -0.2) is 20.7 Å². The first-order chi connectivity index (χ1) is 14.1. The van der Waals surface area contributed by atoms with Crippen molar-refractivity contribution >= 4 is 22.5 Å². The third kappa shape index (κ3) is 3.73. The Labute approximate surface area is 167 Å². The predicted molar refractivity (Wildman–Crippen MR) is 111 cm³/mol. The van der Waals surface area contributed by atoms with E-state index in [1.54, 1.807) is 16.7 Å². The molecule has 0 radical (unpaired) electrons. The van der Waals surface area contributed by atoms with Crippen LogP contribution in [0.3, 0.4) is 0 Å². The van der Waals surface area contributed by atoms with Crippen molar-refractivity contribution < 1.29 is 15.0 Å². The van der Waals surface area contributed by atoms with Gasteiger partial charge in [0, 0.05) is 11.9 Å². The number of fused-ring (bicyclic) bond motifs is 1. The van der Waals surface area contributed by atoms with Crippen LogP contribution in [0.2, 0.25) is 0 Å². The van der Waals surface area contributed by atoms with Gasteiger partial charge in [-0.05, 0) is 30.2 Å². The smallest absolute Gasteiger partial charge is 0.299 e. The maximum absolute atomic E-state index is 12.3. The highest BCUT2D eigenvalue weighted by atomic mass is 16.3. The SMILES string of the molecule is O=C(N=Nc1c(O)n(CCc2ccccc2)c2ccccc12)c1ccccc1O. The summed E-state index contributed by atoms with van der Waals surface area (Å²) in [5.41, 5.74) is 2.26. The molecule has 6 nitrogen and oxygen atoms in total. The van der Waals surface area contributed by atoms with Crippen molar-refractivity contribution in [3.8, 4) is 11.6 Å². The summed E-state index contributed by atoms with van der Waals surface area (Å²) in [5.74, 6) is -0.884. The monoisotopic (exact) mass is 385 g/mol. The number of para-hydroxylation sites is 2. The Bertz CT molecular complexity index is 1200. The molecule has 0 fully saturated rings. The lowest BCUT2D eigenvalue weighted by atomic mass is 10.1. The van der Waals surface area contributed by atoms with Crippen LogP contribution in [0.25, 0.3) is 10.9 Å². The van der Waals surface area contributed by atoms with Crippen LogP contribution in [-0.2, 0) is 13.0 Å². The molecule has 4 aromatic rings. The fourth-order valence-electron chi connectivity index (χ4n) is 3.29. The fraction of sp³-hybridized carbons (Fsp3) is 0.0870. The molecule has 0 aliphatic heterocycles. The topological polar surface area (TPSA) is 87.2 Å². The van der Waals surface area contributed by atoms with E-state index in [2.05, 4.69) is 10.2 Å². The van der Waals surface area contributed by atoms with Gasteiger partial charge in [-0.3, -0.25) is 4.79 Å². The Morgan fingerprint density at radius 1 is 0.862 bits per heavy atom. The number of azo groups is 1. The number of nitrogens with zero attached hydrogens (tertiary/aromatic N) is 3. The molecule has 1 amide bonds. The van der Waals surface area contributed by atoms with Gasteiger partial charge < -0.3 is 14.8 Å². The zero-order chi connectivity index (χ0) is 20.2. The van der Waals surface area contributed by atoms with Crippen LogP contribution in [0, 0.1) is 0 Å². The second-order valence-electron chi connectivity index (χ2n) is 6.60. The number of carbonyl (C=O) groups excluding carboxylic acids is 1. The third-order valence-electron chi connectivity index (χ3n) is 4.76. The van der Waals surface area contributed by atoms with Gasteiger partial charge >= 0.3 is 0 Å². The van der Waals surface area contributed by atoms with Gasteiger partial charge in [-0.15, -0.1) is 10.2 Å². The highest BCUT2D eigenvalue weighted by Gasteiger charge is 2.17. The lowest BCUT2D eigenvalue weighted by Crippen LogP contribution is -2.00. The molecule has 1 aromatic heterocycles. The minimum atomic E-state index is -0.677. The molecule has 0 saturated heterocycles. The Balaban J connectivity index is 1.67. The number of carbonyl (C=O) groups is 1. The summed E-state index contributed by atoms with van der Waals surface area (Å²) in [7, 11) is 0. The van der Waals surface area contributed by atoms with E-state index in [9.17, 15) is 15.0 Å². The highest BCUT2D eigenvalue weighted by molar-refractivity contribution is 5.98. The van der Waals surface area contributed by atoms with Crippen LogP contribution in [0.15, 0.2) is 89.1 Å². The molecule has 2 N–H and O–H groups in total. The molecule has 29 heavy (non-hydrogen) atoms. The number of phenols is 1. The molecule has 0 spiro atoms. The van der Waals surface area contributed by atoms with Crippen LogP contribution in [0.5, 0.6) is 11.6 Å². The van der Waals surface area contributed by atoms with E-state index < -0.39 is 5.91 Å². The molecule has 4 rings (SSSR count). The first-order valence-electron chi connectivity index (χ1n) is 9.23. The number of phenolic OH excluding ortho intramolecular Hbond substituents is 1. The van der Waals surface area contributed by atoms with E-state index >= 15 is 0 Å². The molecule has 0 saturated carbocycles. The molecule has 3 aromatic carbocycles. The normalized spacial score (nSPS) is 11.3. The summed E-state index contributed by atoms with van der Waals surface area (Å²) in [6, 6.07) is 23.6. The van der Waals surface area contributed by atoms with E-state index in [1.165, 1.54) is 12.1 Å². The molecular weight excluding hydrogens is 366 g/mol. The number of aromatic nitrogens is 1. The summed E-state index contributed by atoms with van der Waals surface area (Å²) in [6.07, 6.45) is 0.737. The summed E-state index contributed by atoms with van der Waals surface area (Å²) >= 11 is 0. The summed E-state index contributed by atoms with van der Waals surface area (Å²) in [6.45, 7) is 0.555. The fourth-order valence-corrected chi connectivity index (χ4v) is 3.29. The van der Waals surface area contributed by atoms with Gasteiger partial charge in [0.1, 0.15) is 5.75 Å². The van der Waals surface area contributed by atoms with E-state index in [0.29, 0.717) is 11.9 Å². The number of aryl methyl sites for hydroxylation is 2. The van der Waals surface area contributed by atoms with E-state index in [0.717, 1.165) is 17.5 Å². The number of hydrogen-bond donors (Lipinski definition) is 2. The van der Waals surface area contributed by atoms with E-state index in [1.807, 2.05) is 54.6 Å². The number of hydrogen-bond acceptors (Lipinski definition) is 4. The van der Waals surface area contributed by atoms with Crippen LogP contribution < -0.4 is 0 Å². The first-order valence-corrected chi connectivity index (χ1v) is 9.23. The Hall–Kier alpha value is -3.93. The zero-order valence-corrected chi connectivity index (χ0v) is 15.6. The van der Waals surface area contributed by atoms with Crippen molar-refractivity contribution in [3.05, 3.63) is 90.0 Å². The van der Waals surface area contributed by atoms with Gasteiger partial charge in [-0.1, -0.05) is 60.7 Å². The van der Waals surface area contributed by atoms with E-state index in [-0.39, 0.29) is 22.9 Å². The summed E-state index contributed by atoms with van der Waals surface area (Å²) in [4.78, 5) is 12.3. The van der Waals surface area contributed by atoms with Gasteiger partial charge in [0.25, 0.3) is 5.91 Å². The quantitative estimate of drug-likeness (QED) is 0.462. The van der Waals surface area contributed by atoms with Crippen molar-refractivity contribution in [2.75, 3.05) is 0 Å². The van der Waals surface area contributed by atoms with Crippen LogP contribution >= 0.6 is 0 Å². The Morgan fingerprint density at radius 3 is 2.34 bits per heavy atom. The van der Waals surface area contributed by atoms with Crippen LogP contribution in [0.1, 0.15) is 15.9 Å². The third-order valence-corrected chi connectivity index (χ3v) is 4.76. The van der Waals surface area contributed by atoms with Crippen molar-refractivity contribution in [2.24, 2.45) is 10.2 Å². The van der Waals surface area contributed by atoms with Crippen molar-refractivity contribution in [3.63, 3.8) is 0 Å². The summed E-state index contributed by atoms with van der Waals surface area (Å²) in [5, 5.41) is 29.0. The standard InChI is InChI=1S/C23H19N3O3/c27-20-13-7-5-11-18(20)22(28)25-24-21-17-10-4-6-12-19(17)26(23(21)29)15-14-16-8-2-1-3-9-16/h1-13,27,29H,14-15H2. The Morgan fingerprint density at radius 2 is 1.55 bits per heavy atom. The molecular formula is C23H19N3O3. The van der Waals surface area contributed by atoms with Crippen molar-refractivity contribution in [1.82, 2.24) is 4.57 Å². The molecule has 144 valence electrons. The van der Waals surface area contributed by atoms with E-state index in [4.69, 9.17) is 0 Å². The number of benzene rings is 3. The van der Waals surface area contributed by atoms with Gasteiger partial charge in [-0.25, -0.2) is 0 Å². The maximum Gasteiger partial charge on any atom is 0.299 e. The van der Waals surface area contributed by atoms with Gasteiger partial charge in [0.2, 0.25) is 5.88 Å². The molecule has 0 aliphatic carbocycles. The highest BCUT2D eigenvalue weighted by Crippen LogP contribution is 2.39. The second-order valence-corrected chi connectivity index (χ2v) is 6.60. The molecule has 1 heterocycles. The van der Waals surface area contributed by atoms with Crippen molar-refractivity contribution in [1.29, 1.82) is 0 Å². The minimum absolute atomic E-state index is 0.0454. The van der Waals surface area contributed by atoms with Gasteiger partial charge in [-0.2, -0.15) is 0 Å².